The minimum atomic E-state index is -5.08. The van der Waals surface area contributed by atoms with Gasteiger partial charge in [-0.15, -0.1) is 0 Å². The van der Waals surface area contributed by atoms with E-state index in [9.17, 15) is 23.2 Å². The van der Waals surface area contributed by atoms with Gasteiger partial charge in [-0.2, -0.15) is 28.6 Å². The highest BCUT2D eigenvalue weighted by Crippen LogP contribution is 2.32. The minimum absolute atomic E-state index is 0.0112. The van der Waals surface area contributed by atoms with Crippen molar-refractivity contribution in [1.82, 2.24) is 29.3 Å². The van der Waals surface area contributed by atoms with Gasteiger partial charge in [0, 0.05) is 81.2 Å². The summed E-state index contributed by atoms with van der Waals surface area (Å²) in [7, 11) is 3.41. The van der Waals surface area contributed by atoms with Crippen LogP contribution in [0.4, 0.5) is 19.0 Å². The Morgan fingerprint density at radius 1 is 1.05 bits per heavy atom. The number of piperazine rings is 1. The lowest BCUT2D eigenvalue weighted by Crippen LogP contribution is -2.49. The first-order valence-electron chi connectivity index (χ1n) is 12.2. The van der Waals surface area contributed by atoms with Gasteiger partial charge in [0.05, 0.1) is 23.5 Å². The molecule has 0 atom stereocenters. The molecule has 0 saturated carbocycles. The molecule has 1 saturated heterocycles. The number of aryl methyl sites for hydroxylation is 1. The summed E-state index contributed by atoms with van der Waals surface area (Å²) >= 11 is 0. The van der Waals surface area contributed by atoms with Crippen molar-refractivity contribution in [3.05, 3.63) is 54.7 Å². The molecule has 214 valence electrons. The lowest BCUT2D eigenvalue weighted by atomic mass is 10.0. The van der Waals surface area contributed by atoms with Gasteiger partial charge in [-0.3, -0.25) is 9.48 Å². The summed E-state index contributed by atoms with van der Waals surface area (Å²) in [5.41, 5.74) is 4.94. The highest BCUT2D eigenvalue weighted by molar-refractivity contribution is 5.87. The average Bonchev–Trinajstić information content (AvgIpc) is 3.58. The van der Waals surface area contributed by atoms with E-state index in [0.717, 1.165) is 33.6 Å². The van der Waals surface area contributed by atoms with E-state index < -0.39 is 12.1 Å². The second kappa shape index (κ2) is 12.0. The first-order valence-corrected chi connectivity index (χ1v) is 12.2. The van der Waals surface area contributed by atoms with E-state index in [4.69, 9.17) is 19.6 Å². The maximum Gasteiger partial charge on any atom is 0.490 e. The summed E-state index contributed by atoms with van der Waals surface area (Å²) in [6, 6.07) is 8.29. The number of aliphatic carboxylic acids is 1. The molecule has 0 aromatic carbocycles. The van der Waals surface area contributed by atoms with Gasteiger partial charge in [-0.1, -0.05) is 0 Å². The number of nitriles is 1. The average molecular weight is 571 g/mol. The fourth-order valence-electron chi connectivity index (χ4n) is 4.28. The number of nitrogens with zero attached hydrogens (tertiary/aromatic N) is 8. The molecule has 0 aliphatic carbocycles. The normalized spacial score (nSPS) is 13.5. The summed E-state index contributed by atoms with van der Waals surface area (Å²) in [5, 5.41) is 25.4. The van der Waals surface area contributed by atoms with E-state index >= 15 is 0 Å². The van der Waals surface area contributed by atoms with Gasteiger partial charge in [0.2, 0.25) is 5.91 Å². The molecule has 1 aliphatic heterocycles. The molecular formula is C26H25F3N8O4. The van der Waals surface area contributed by atoms with Crippen molar-refractivity contribution in [2.45, 2.75) is 6.18 Å². The first kappa shape index (κ1) is 29.0. The topological polar surface area (TPSA) is 142 Å². The molecule has 5 rings (SSSR count). The van der Waals surface area contributed by atoms with Crippen molar-refractivity contribution < 1.29 is 32.6 Å². The SMILES string of the molecule is COCC(=O)N1CCN(c2ccc(-c3cc(-c4cnn(C)c4)cn4ncc(C#N)c34)cn2)CC1.O=C(O)C(F)(F)F. The number of amides is 1. The van der Waals surface area contributed by atoms with Gasteiger partial charge in [-0.25, -0.2) is 14.3 Å². The van der Waals surface area contributed by atoms with Crippen LogP contribution in [-0.4, -0.2) is 92.3 Å². The van der Waals surface area contributed by atoms with Crippen molar-refractivity contribution in [3.63, 3.8) is 0 Å². The lowest BCUT2D eigenvalue weighted by molar-refractivity contribution is -0.192. The lowest BCUT2D eigenvalue weighted by Gasteiger charge is -2.35. The number of aromatic nitrogens is 5. The number of carbonyl (C=O) groups excluding carboxylic acids is 1. The van der Waals surface area contributed by atoms with Gasteiger partial charge in [0.1, 0.15) is 18.5 Å². The van der Waals surface area contributed by atoms with Crippen LogP contribution in [0.2, 0.25) is 0 Å². The van der Waals surface area contributed by atoms with Gasteiger partial charge in [0.15, 0.2) is 0 Å². The standard InChI is InChI=1S/C24H24N8O2.C2HF3O2/c1-29-14-20(13-27-29)18-9-21(24-19(10-25)12-28-32(24)15-18)17-3-4-22(26-11-17)30-5-7-31(8-6-30)23(33)16-34-2;3-2(4,5)1(6)7/h3-4,9,11-15H,5-8,16H2,1-2H3;(H,6,7). The van der Waals surface area contributed by atoms with Crippen LogP contribution in [0.5, 0.6) is 0 Å². The Kier molecular flexibility index (Phi) is 8.53. The van der Waals surface area contributed by atoms with Crippen LogP contribution in [0.1, 0.15) is 5.56 Å². The molecule has 1 N–H and O–H groups in total. The molecule has 41 heavy (non-hydrogen) atoms. The van der Waals surface area contributed by atoms with Gasteiger partial charge in [-0.05, 0) is 18.2 Å². The first-order chi connectivity index (χ1) is 19.5. The van der Waals surface area contributed by atoms with Gasteiger partial charge in [0.25, 0.3) is 0 Å². The number of rotatable bonds is 5. The van der Waals surface area contributed by atoms with Crippen molar-refractivity contribution in [1.29, 1.82) is 5.26 Å². The summed E-state index contributed by atoms with van der Waals surface area (Å²) in [4.78, 5) is 29.6. The van der Waals surface area contributed by atoms with E-state index in [0.29, 0.717) is 31.7 Å². The molecule has 4 aromatic heterocycles. The van der Waals surface area contributed by atoms with E-state index in [-0.39, 0.29) is 12.5 Å². The molecular weight excluding hydrogens is 545 g/mol. The summed E-state index contributed by atoms with van der Waals surface area (Å²) in [6.45, 7) is 2.81. The van der Waals surface area contributed by atoms with Gasteiger partial charge < -0.3 is 19.6 Å². The van der Waals surface area contributed by atoms with E-state index in [1.54, 1.807) is 21.6 Å². The van der Waals surface area contributed by atoms with E-state index in [1.165, 1.54) is 7.11 Å². The van der Waals surface area contributed by atoms with Crippen LogP contribution in [0.3, 0.4) is 0 Å². The zero-order valence-corrected chi connectivity index (χ0v) is 22.0. The summed E-state index contributed by atoms with van der Waals surface area (Å²) in [6.07, 6.45) is 3.98. The number of carbonyl (C=O) groups is 2. The second-order valence-electron chi connectivity index (χ2n) is 9.02. The Morgan fingerprint density at radius 3 is 2.29 bits per heavy atom. The zero-order valence-electron chi connectivity index (χ0n) is 22.0. The number of methoxy groups -OCH3 is 1. The molecule has 0 bridgehead atoms. The van der Waals surface area contributed by atoms with Crippen molar-refractivity contribution in [2.75, 3.05) is 44.8 Å². The Labute approximate surface area is 231 Å². The van der Waals surface area contributed by atoms with Crippen molar-refractivity contribution in [3.8, 4) is 28.3 Å². The molecule has 15 heteroatoms. The molecule has 1 aliphatic rings. The smallest absolute Gasteiger partial charge is 0.475 e. The molecule has 12 nitrogen and oxygen atoms in total. The molecule has 4 aromatic rings. The molecule has 1 fully saturated rings. The monoisotopic (exact) mass is 570 g/mol. The van der Waals surface area contributed by atoms with Crippen LogP contribution in [0.25, 0.3) is 27.8 Å². The zero-order chi connectivity index (χ0) is 29.7. The van der Waals surface area contributed by atoms with E-state index in [2.05, 4.69) is 21.2 Å². The van der Waals surface area contributed by atoms with Crippen molar-refractivity contribution >= 4 is 23.2 Å². The predicted molar refractivity (Wildman–Crippen MR) is 140 cm³/mol. The number of fused-ring (bicyclic) bond motifs is 1. The highest BCUT2D eigenvalue weighted by atomic mass is 19.4. The fourth-order valence-corrected chi connectivity index (χ4v) is 4.28. The molecule has 0 spiro atoms. The number of hydrogen-bond donors (Lipinski definition) is 1. The Hall–Kier alpha value is -4.97. The third kappa shape index (κ3) is 6.61. The number of anilines is 1. The molecule has 0 radical (unpaired) electrons. The maximum absolute atomic E-state index is 12.0. The Balaban J connectivity index is 0.000000493. The van der Waals surface area contributed by atoms with Gasteiger partial charge >= 0.3 is 12.1 Å². The number of halogens is 3. The number of alkyl halides is 3. The highest BCUT2D eigenvalue weighted by Gasteiger charge is 2.38. The number of carboxylic acids is 1. The maximum atomic E-state index is 12.0. The Bertz CT molecular complexity index is 1580. The summed E-state index contributed by atoms with van der Waals surface area (Å²) < 4.78 is 40.2. The van der Waals surface area contributed by atoms with E-state index in [1.807, 2.05) is 48.7 Å². The summed E-state index contributed by atoms with van der Waals surface area (Å²) in [5.74, 6) is -1.89. The van der Waals surface area contributed by atoms with Crippen LogP contribution in [0.15, 0.2) is 49.2 Å². The third-order valence-electron chi connectivity index (χ3n) is 6.30. The quantitative estimate of drug-likeness (QED) is 0.383. The number of ether oxygens (including phenoxy) is 1. The van der Waals surface area contributed by atoms with Crippen LogP contribution in [0, 0.1) is 11.3 Å². The Morgan fingerprint density at radius 2 is 1.76 bits per heavy atom. The predicted octanol–water partition coefficient (Wildman–Crippen LogP) is 2.60. The molecule has 1 amide bonds. The minimum Gasteiger partial charge on any atom is -0.475 e. The van der Waals surface area contributed by atoms with Crippen LogP contribution >= 0.6 is 0 Å². The molecule has 0 unspecified atom stereocenters. The number of carboxylic acid groups (broad SMARTS) is 1. The fraction of sp³-hybridized carbons (Fsp3) is 0.308. The largest absolute Gasteiger partial charge is 0.490 e. The van der Waals surface area contributed by atoms with Crippen LogP contribution < -0.4 is 4.90 Å². The second-order valence-corrected chi connectivity index (χ2v) is 9.02. The number of pyridine rings is 2. The van der Waals surface area contributed by atoms with Crippen LogP contribution in [-0.2, 0) is 21.4 Å². The number of hydrogen-bond acceptors (Lipinski definition) is 8. The molecule has 5 heterocycles. The van der Waals surface area contributed by atoms with Crippen molar-refractivity contribution in [2.24, 2.45) is 7.05 Å². The third-order valence-corrected chi connectivity index (χ3v) is 6.30.